The van der Waals surface area contributed by atoms with Crippen LogP contribution in [0.4, 0.5) is 14.3 Å². The molecular formula is C20H21FN4O3S. The van der Waals surface area contributed by atoms with Gasteiger partial charge < -0.3 is 10.6 Å². The number of carbonyl (C=O) groups excluding carboxylic acids is 3. The summed E-state index contributed by atoms with van der Waals surface area (Å²) in [6.07, 6.45) is 4.04. The second-order valence-electron chi connectivity index (χ2n) is 7.44. The number of hydrogen-bond donors (Lipinski definition) is 2. The quantitative estimate of drug-likeness (QED) is 0.747. The van der Waals surface area contributed by atoms with Gasteiger partial charge in [-0.15, -0.1) is 11.3 Å². The molecule has 2 N–H and O–H groups in total. The van der Waals surface area contributed by atoms with Crippen LogP contribution in [-0.4, -0.2) is 39.8 Å². The van der Waals surface area contributed by atoms with Gasteiger partial charge in [0.2, 0.25) is 5.91 Å². The van der Waals surface area contributed by atoms with Gasteiger partial charge >= 0.3 is 6.03 Å². The molecule has 1 aromatic heterocycles. The molecule has 1 saturated carbocycles. The van der Waals surface area contributed by atoms with E-state index in [1.165, 1.54) is 23.5 Å². The first-order chi connectivity index (χ1) is 13.9. The number of benzene rings is 1. The number of nitrogens with one attached hydrogen (secondary N) is 2. The first kappa shape index (κ1) is 19.5. The Labute approximate surface area is 171 Å². The molecule has 152 valence electrons. The molecule has 7 nitrogen and oxygen atoms in total. The van der Waals surface area contributed by atoms with Crippen molar-refractivity contribution in [3.63, 3.8) is 0 Å². The van der Waals surface area contributed by atoms with Gasteiger partial charge in [-0.3, -0.25) is 14.5 Å². The second-order valence-corrected chi connectivity index (χ2v) is 8.65. The summed E-state index contributed by atoms with van der Waals surface area (Å²) in [7, 11) is 0. The summed E-state index contributed by atoms with van der Waals surface area (Å²) in [6, 6.07) is 5.44. The highest BCUT2D eigenvalue weighted by Crippen LogP contribution is 2.34. The smallest absolute Gasteiger partial charge is 0.323 e. The van der Waals surface area contributed by atoms with E-state index in [9.17, 15) is 18.8 Å². The number of aromatic nitrogens is 1. The number of anilines is 1. The molecule has 29 heavy (non-hydrogen) atoms. The van der Waals surface area contributed by atoms with E-state index in [0.29, 0.717) is 23.7 Å². The van der Waals surface area contributed by atoms with E-state index >= 15 is 0 Å². The van der Waals surface area contributed by atoms with Gasteiger partial charge in [-0.2, -0.15) is 0 Å². The highest BCUT2D eigenvalue weighted by molar-refractivity contribution is 7.16. The number of thiazole rings is 1. The van der Waals surface area contributed by atoms with E-state index in [4.69, 9.17) is 0 Å². The number of aryl methyl sites for hydroxylation is 1. The maximum absolute atomic E-state index is 13.1. The van der Waals surface area contributed by atoms with Crippen LogP contribution in [0.5, 0.6) is 0 Å². The third-order valence-corrected chi connectivity index (χ3v) is 6.30. The van der Waals surface area contributed by atoms with E-state index in [1.54, 1.807) is 12.1 Å². The van der Waals surface area contributed by atoms with E-state index in [1.807, 2.05) is 6.92 Å². The van der Waals surface area contributed by atoms with E-state index in [0.717, 1.165) is 34.6 Å². The predicted octanol–water partition coefficient (Wildman–Crippen LogP) is 3.45. The van der Waals surface area contributed by atoms with Crippen molar-refractivity contribution < 1.29 is 18.8 Å². The zero-order valence-electron chi connectivity index (χ0n) is 16.0. The summed E-state index contributed by atoms with van der Waals surface area (Å²) in [5.74, 6) is -1.14. The van der Waals surface area contributed by atoms with Crippen LogP contribution in [0.1, 0.15) is 37.0 Å². The fraction of sp³-hybridized carbons (Fsp3) is 0.400. The zero-order valence-corrected chi connectivity index (χ0v) is 16.8. The summed E-state index contributed by atoms with van der Waals surface area (Å²) in [5, 5.41) is 5.82. The maximum atomic E-state index is 13.1. The van der Waals surface area contributed by atoms with Gasteiger partial charge in [0, 0.05) is 10.4 Å². The number of rotatable bonds is 4. The van der Waals surface area contributed by atoms with Crippen molar-refractivity contribution in [2.75, 3.05) is 11.9 Å². The van der Waals surface area contributed by atoms with Crippen LogP contribution in [0.2, 0.25) is 0 Å². The minimum Gasteiger partial charge on any atom is -0.323 e. The fourth-order valence-corrected chi connectivity index (χ4v) is 4.79. The summed E-state index contributed by atoms with van der Waals surface area (Å²) >= 11 is 1.28. The molecule has 9 heteroatoms. The molecular weight excluding hydrogens is 395 g/mol. The van der Waals surface area contributed by atoms with Gasteiger partial charge in [-0.05, 0) is 44.0 Å². The summed E-state index contributed by atoms with van der Waals surface area (Å²) in [4.78, 5) is 43.8. The molecule has 1 saturated heterocycles. The molecule has 2 aromatic rings. The summed E-state index contributed by atoms with van der Waals surface area (Å²) in [6.45, 7) is 1.51. The normalized spacial score (nSPS) is 18.2. The third-order valence-electron chi connectivity index (χ3n) is 5.42. The number of imide groups is 1. The Morgan fingerprint density at radius 1 is 1.24 bits per heavy atom. The van der Waals surface area contributed by atoms with Crippen LogP contribution < -0.4 is 10.6 Å². The van der Waals surface area contributed by atoms with Crippen LogP contribution in [0.3, 0.4) is 0 Å². The minimum absolute atomic E-state index is 0.320. The SMILES string of the molecule is Cc1sc(NC(=O)CN2C(=O)NC3(CCCCC3)C2=O)nc1-c1ccc(F)cc1. The molecule has 2 fully saturated rings. The zero-order chi connectivity index (χ0) is 20.6. The van der Waals surface area contributed by atoms with Crippen LogP contribution in [-0.2, 0) is 9.59 Å². The average molecular weight is 416 g/mol. The lowest BCUT2D eigenvalue weighted by Crippen LogP contribution is -2.48. The molecule has 0 unspecified atom stereocenters. The van der Waals surface area contributed by atoms with Crippen LogP contribution in [0.25, 0.3) is 11.3 Å². The Hall–Kier alpha value is -2.81. The van der Waals surface area contributed by atoms with Crippen molar-refractivity contribution in [1.29, 1.82) is 0 Å². The third kappa shape index (κ3) is 3.74. The molecule has 1 spiro atoms. The number of carbonyl (C=O) groups is 3. The molecule has 4 amide bonds. The van der Waals surface area contributed by atoms with E-state index in [2.05, 4.69) is 15.6 Å². The number of nitrogens with zero attached hydrogens (tertiary/aromatic N) is 2. The fourth-order valence-electron chi connectivity index (χ4n) is 3.94. The Bertz CT molecular complexity index is 967. The molecule has 1 aliphatic heterocycles. The molecule has 1 aromatic carbocycles. The Balaban J connectivity index is 1.44. The predicted molar refractivity (Wildman–Crippen MR) is 107 cm³/mol. The largest absolute Gasteiger partial charge is 0.325 e. The lowest BCUT2D eigenvalue weighted by molar-refractivity contribution is -0.134. The summed E-state index contributed by atoms with van der Waals surface area (Å²) in [5.41, 5.74) is 0.554. The molecule has 0 radical (unpaired) electrons. The maximum Gasteiger partial charge on any atom is 0.325 e. The Morgan fingerprint density at radius 3 is 2.62 bits per heavy atom. The first-order valence-electron chi connectivity index (χ1n) is 9.55. The van der Waals surface area contributed by atoms with Gasteiger partial charge in [0.25, 0.3) is 5.91 Å². The highest BCUT2D eigenvalue weighted by Gasteiger charge is 2.51. The Kier molecular flexibility index (Phi) is 5.08. The average Bonchev–Trinajstić information content (AvgIpc) is 3.15. The lowest BCUT2D eigenvalue weighted by Gasteiger charge is -2.30. The van der Waals surface area contributed by atoms with Gasteiger partial charge in [0.15, 0.2) is 5.13 Å². The molecule has 2 aliphatic rings. The van der Waals surface area contributed by atoms with Gasteiger partial charge in [-0.25, -0.2) is 14.2 Å². The van der Waals surface area contributed by atoms with Crippen molar-refractivity contribution in [3.05, 3.63) is 35.0 Å². The van der Waals surface area contributed by atoms with E-state index in [-0.39, 0.29) is 18.3 Å². The van der Waals surface area contributed by atoms with Crippen molar-refractivity contribution in [3.8, 4) is 11.3 Å². The minimum atomic E-state index is -0.844. The standard InChI is InChI=1S/C20H21FN4O3S/c1-12-16(13-5-7-14(21)8-6-13)23-18(29-12)22-15(26)11-25-17(27)20(24-19(25)28)9-3-2-4-10-20/h5-8H,2-4,9-11H2,1H3,(H,24,28)(H,22,23,26). The second kappa shape index (κ2) is 7.55. The monoisotopic (exact) mass is 416 g/mol. The number of amides is 4. The molecule has 2 heterocycles. The van der Waals surface area contributed by atoms with Crippen LogP contribution in [0.15, 0.2) is 24.3 Å². The van der Waals surface area contributed by atoms with Crippen LogP contribution in [0, 0.1) is 12.7 Å². The number of urea groups is 1. The molecule has 0 bridgehead atoms. The van der Waals surface area contributed by atoms with Crippen LogP contribution >= 0.6 is 11.3 Å². The van der Waals surface area contributed by atoms with Gasteiger partial charge in [0.1, 0.15) is 17.9 Å². The van der Waals surface area contributed by atoms with Crippen molar-refractivity contribution >= 4 is 34.3 Å². The molecule has 1 aliphatic carbocycles. The Morgan fingerprint density at radius 2 is 1.93 bits per heavy atom. The highest BCUT2D eigenvalue weighted by atomic mass is 32.1. The van der Waals surface area contributed by atoms with Gasteiger partial charge in [0.05, 0.1) is 5.69 Å². The van der Waals surface area contributed by atoms with Crippen molar-refractivity contribution in [2.24, 2.45) is 0 Å². The molecule has 4 rings (SSSR count). The lowest BCUT2D eigenvalue weighted by atomic mass is 9.82. The van der Waals surface area contributed by atoms with Gasteiger partial charge in [-0.1, -0.05) is 19.3 Å². The van der Waals surface area contributed by atoms with Crippen molar-refractivity contribution in [2.45, 2.75) is 44.6 Å². The van der Waals surface area contributed by atoms with E-state index < -0.39 is 17.5 Å². The number of hydrogen-bond acceptors (Lipinski definition) is 5. The summed E-state index contributed by atoms with van der Waals surface area (Å²) < 4.78 is 13.1. The number of halogens is 1. The molecule has 0 atom stereocenters. The topological polar surface area (TPSA) is 91.4 Å². The first-order valence-corrected chi connectivity index (χ1v) is 10.4. The van der Waals surface area contributed by atoms with Crippen molar-refractivity contribution in [1.82, 2.24) is 15.2 Å².